The first-order chi connectivity index (χ1) is 8.17. The summed E-state index contributed by atoms with van der Waals surface area (Å²) in [5.41, 5.74) is 0.498. The molecule has 0 atom stereocenters. The number of nitrogens with zero attached hydrogens (tertiary/aromatic N) is 1. The standard InChI is InChI=1S/C16H34N2/c1-8-13-18(16(5,6)7)14-11-9-10-12-17-15(2,3)4/h8,17H,1,9-14H2,2-7H3. The minimum atomic E-state index is 0.248. The molecule has 0 aromatic heterocycles. The Labute approximate surface area is 115 Å². The number of hydrogen-bond donors (Lipinski definition) is 1. The molecule has 0 aromatic carbocycles. The van der Waals surface area contributed by atoms with Gasteiger partial charge in [0.15, 0.2) is 0 Å². The number of rotatable bonds is 8. The number of hydrogen-bond acceptors (Lipinski definition) is 2. The van der Waals surface area contributed by atoms with E-state index in [0.717, 1.165) is 13.1 Å². The maximum Gasteiger partial charge on any atom is 0.0165 e. The summed E-state index contributed by atoms with van der Waals surface area (Å²) in [6, 6.07) is 0. The van der Waals surface area contributed by atoms with Gasteiger partial charge in [-0.3, -0.25) is 4.90 Å². The maximum absolute atomic E-state index is 3.85. The van der Waals surface area contributed by atoms with Crippen LogP contribution in [-0.4, -0.2) is 35.6 Å². The normalized spacial score (nSPS) is 13.1. The molecule has 0 spiro atoms. The molecule has 0 heterocycles. The minimum Gasteiger partial charge on any atom is -0.312 e. The fourth-order valence-corrected chi connectivity index (χ4v) is 1.92. The van der Waals surface area contributed by atoms with Gasteiger partial charge in [0.05, 0.1) is 0 Å². The number of nitrogens with one attached hydrogen (secondary N) is 1. The summed E-state index contributed by atoms with van der Waals surface area (Å²) < 4.78 is 0. The Balaban J connectivity index is 3.71. The lowest BCUT2D eigenvalue weighted by atomic mass is 10.0. The van der Waals surface area contributed by atoms with Crippen molar-refractivity contribution in [2.45, 2.75) is 71.9 Å². The zero-order valence-electron chi connectivity index (χ0n) is 13.5. The van der Waals surface area contributed by atoms with Crippen LogP contribution >= 0.6 is 0 Å². The van der Waals surface area contributed by atoms with E-state index in [2.05, 4.69) is 58.3 Å². The van der Waals surface area contributed by atoms with Crippen molar-refractivity contribution in [1.82, 2.24) is 10.2 Å². The highest BCUT2D eigenvalue weighted by Gasteiger charge is 2.18. The third-order valence-corrected chi connectivity index (χ3v) is 3.06. The first-order valence-electron chi connectivity index (χ1n) is 7.28. The summed E-state index contributed by atoms with van der Waals surface area (Å²) >= 11 is 0. The molecule has 108 valence electrons. The van der Waals surface area contributed by atoms with Crippen LogP contribution in [0.3, 0.4) is 0 Å². The van der Waals surface area contributed by atoms with Gasteiger partial charge in [0.25, 0.3) is 0 Å². The molecule has 0 aromatic rings. The van der Waals surface area contributed by atoms with Crippen molar-refractivity contribution in [2.75, 3.05) is 19.6 Å². The molecule has 0 saturated heterocycles. The Hall–Kier alpha value is -0.340. The highest BCUT2D eigenvalue weighted by Crippen LogP contribution is 2.14. The topological polar surface area (TPSA) is 15.3 Å². The van der Waals surface area contributed by atoms with Crippen LogP contribution in [0.1, 0.15) is 60.8 Å². The van der Waals surface area contributed by atoms with E-state index >= 15 is 0 Å². The predicted octanol–water partition coefficient (Wildman–Crippen LogP) is 3.83. The molecule has 0 aliphatic heterocycles. The van der Waals surface area contributed by atoms with Crippen LogP contribution in [-0.2, 0) is 0 Å². The zero-order chi connectivity index (χ0) is 14.2. The Morgan fingerprint density at radius 3 is 2.06 bits per heavy atom. The molecule has 18 heavy (non-hydrogen) atoms. The van der Waals surface area contributed by atoms with Gasteiger partial charge in [-0.1, -0.05) is 12.5 Å². The molecule has 2 heteroatoms. The first kappa shape index (κ1) is 17.7. The zero-order valence-corrected chi connectivity index (χ0v) is 13.5. The Kier molecular flexibility index (Phi) is 7.81. The van der Waals surface area contributed by atoms with Gasteiger partial charge in [0.2, 0.25) is 0 Å². The van der Waals surface area contributed by atoms with E-state index in [1.807, 2.05) is 6.08 Å². The van der Waals surface area contributed by atoms with Crippen molar-refractivity contribution in [3.8, 4) is 0 Å². The van der Waals surface area contributed by atoms with Gasteiger partial charge in [-0.15, -0.1) is 6.58 Å². The maximum atomic E-state index is 3.85. The SMILES string of the molecule is C=CCN(CCCCCNC(C)(C)C)C(C)(C)C. The van der Waals surface area contributed by atoms with Crippen LogP contribution in [0.2, 0.25) is 0 Å². The van der Waals surface area contributed by atoms with Crippen LogP contribution in [0.5, 0.6) is 0 Å². The predicted molar refractivity (Wildman–Crippen MR) is 83.1 cm³/mol. The molecule has 0 rings (SSSR count). The molecule has 1 N–H and O–H groups in total. The van der Waals surface area contributed by atoms with E-state index in [1.165, 1.54) is 25.8 Å². The highest BCUT2D eigenvalue weighted by atomic mass is 15.2. The Morgan fingerprint density at radius 2 is 1.61 bits per heavy atom. The molecule has 0 aliphatic rings. The quantitative estimate of drug-likeness (QED) is 0.523. The van der Waals surface area contributed by atoms with E-state index in [0.29, 0.717) is 0 Å². The number of unbranched alkanes of at least 4 members (excludes halogenated alkanes) is 2. The van der Waals surface area contributed by atoms with E-state index in [-0.39, 0.29) is 11.1 Å². The molecule has 0 aliphatic carbocycles. The molecule has 0 bridgehead atoms. The minimum absolute atomic E-state index is 0.248. The molecule has 0 radical (unpaired) electrons. The van der Waals surface area contributed by atoms with Gasteiger partial charge in [0, 0.05) is 17.6 Å². The van der Waals surface area contributed by atoms with Crippen molar-refractivity contribution in [1.29, 1.82) is 0 Å². The van der Waals surface area contributed by atoms with Crippen LogP contribution in [0, 0.1) is 0 Å². The van der Waals surface area contributed by atoms with Crippen molar-refractivity contribution in [3.05, 3.63) is 12.7 Å². The van der Waals surface area contributed by atoms with Gasteiger partial charge < -0.3 is 5.32 Å². The molecule has 0 fully saturated rings. The summed E-state index contributed by atoms with van der Waals surface area (Å²) in [5, 5.41) is 3.54. The van der Waals surface area contributed by atoms with Gasteiger partial charge in [-0.25, -0.2) is 0 Å². The van der Waals surface area contributed by atoms with Crippen molar-refractivity contribution < 1.29 is 0 Å². The summed E-state index contributed by atoms with van der Waals surface area (Å²) in [4.78, 5) is 2.50. The second kappa shape index (κ2) is 7.96. The summed E-state index contributed by atoms with van der Waals surface area (Å²) in [5.74, 6) is 0. The van der Waals surface area contributed by atoms with Gasteiger partial charge >= 0.3 is 0 Å². The summed E-state index contributed by atoms with van der Waals surface area (Å²) in [6.45, 7) is 20.6. The molecular weight excluding hydrogens is 220 g/mol. The summed E-state index contributed by atoms with van der Waals surface area (Å²) in [6.07, 6.45) is 5.85. The monoisotopic (exact) mass is 254 g/mol. The molecule has 2 nitrogen and oxygen atoms in total. The lowest BCUT2D eigenvalue weighted by molar-refractivity contribution is 0.151. The third kappa shape index (κ3) is 9.67. The van der Waals surface area contributed by atoms with Crippen LogP contribution in [0.25, 0.3) is 0 Å². The average molecular weight is 254 g/mol. The first-order valence-corrected chi connectivity index (χ1v) is 7.28. The lowest BCUT2D eigenvalue weighted by Crippen LogP contribution is -2.42. The largest absolute Gasteiger partial charge is 0.312 e. The molecule has 0 saturated carbocycles. The molecule has 0 unspecified atom stereocenters. The van der Waals surface area contributed by atoms with Gasteiger partial charge in [-0.05, 0) is 67.5 Å². The van der Waals surface area contributed by atoms with Crippen LogP contribution in [0.4, 0.5) is 0 Å². The Morgan fingerprint density at radius 1 is 1.00 bits per heavy atom. The second-order valence-corrected chi connectivity index (χ2v) is 7.14. The molecule has 0 amide bonds. The van der Waals surface area contributed by atoms with Crippen molar-refractivity contribution in [3.63, 3.8) is 0 Å². The smallest absolute Gasteiger partial charge is 0.0165 e. The Bertz CT molecular complexity index is 220. The van der Waals surface area contributed by atoms with Crippen molar-refractivity contribution >= 4 is 0 Å². The van der Waals surface area contributed by atoms with Crippen LogP contribution < -0.4 is 5.32 Å². The van der Waals surface area contributed by atoms with Gasteiger partial charge in [0.1, 0.15) is 0 Å². The fraction of sp³-hybridized carbons (Fsp3) is 0.875. The van der Waals surface area contributed by atoms with Crippen LogP contribution in [0.15, 0.2) is 12.7 Å². The van der Waals surface area contributed by atoms with Gasteiger partial charge in [-0.2, -0.15) is 0 Å². The third-order valence-electron chi connectivity index (χ3n) is 3.06. The van der Waals surface area contributed by atoms with E-state index in [9.17, 15) is 0 Å². The van der Waals surface area contributed by atoms with E-state index < -0.39 is 0 Å². The van der Waals surface area contributed by atoms with E-state index in [1.54, 1.807) is 0 Å². The fourth-order valence-electron chi connectivity index (χ4n) is 1.92. The summed E-state index contributed by atoms with van der Waals surface area (Å²) in [7, 11) is 0. The lowest BCUT2D eigenvalue weighted by Gasteiger charge is -2.34. The van der Waals surface area contributed by atoms with Crippen molar-refractivity contribution in [2.24, 2.45) is 0 Å². The van der Waals surface area contributed by atoms with E-state index in [4.69, 9.17) is 0 Å². The highest BCUT2D eigenvalue weighted by molar-refractivity contribution is 4.82. The average Bonchev–Trinajstić information content (AvgIpc) is 2.18. The molecular formula is C16H34N2. The second-order valence-electron chi connectivity index (χ2n) is 7.14.